The van der Waals surface area contributed by atoms with E-state index in [1.165, 1.54) is 0 Å². The van der Waals surface area contributed by atoms with E-state index in [0.717, 1.165) is 35.2 Å². The summed E-state index contributed by atoms with van der Waals surface area (Å²) in [6.07, 6.45) is -4.09. The van der Waals surface area contributed by atoms with Gasteiger partial charge in [0.1, 0.15) is 0 Å². The zero-order chi connectivity index (χ0) is 19.5. The molecule has 1 aliphatic rings. The number of fused-ring (bicyclic) bond motifs is 3. The fourth-order valence-electron chi connectivity index (χ4n) is 3.91. The molecule has 0 amide bonds. The number of hydrogen-bond acceptors (Lipinski definition) is 2. The highest BCUT2D eigenvalue weighted by Crippen LogP contribution is 2.51. The molecule has 5 heteroatoms. The zero-order valence-corrected chi connectivity index (χ0v) is 15.5. The lowest BCUT2D eigenvalue weighted by Crippen LogP contribution is -2.44. The minimum absolute atomic E-state index is 0.178. The van der Waals surface area contributed by atoms with E-state index in [-0.39, 0.29) is 6.54 Å². The van der Waals surface area contributed by atoms with E-state index in [1.807, 2.05) is 24.3 Å². The van der Waals surface area contributed by atoms with Gasteiger partial charge in [0.2, 0.25) is 0 Å². The van der Waals surface area contributed by atoms with Crippen molar-refractivity contribution in [3.63, 3.8) is 0 Å². The smallest absolute Gasteiger partial charge is 0.387 e. The van der Waals surface area contributed by atoms with E-state index in [2.05, 4.69) is 48.4 Å². The van der Waals surface area contributed by atoms with Gasteiger partial charge in [0.25, 0.3) is 0 Å². The third-order valence-corrected chi connectivity index (χ3v) is 5.14. The van der Waals surface area contributed by atoms with Crippen molar-refractivity contribution in [2.45, 2.75) is 31.4 Å². The normalized spacial score (nSPS) is 14.5. The number of benzene rings is 2. The Morgan fingerprint density at radius 2 is 1.52 bits per heavy atom. The van der Waals surface area contributed by atoms with Gasteiger partial charge >= 0.3 is 6.18 Å². The molecule has 0 saturated carbocycles. The minimum Gasteiger partial charge on any atom is -0.387 e. The van der Waals surface area contributed by atoms with E-state index < -0.39 is 18.0 Å². The van der Waals surface area contributed by atoms with E-state index >= 15 is 0 Å². The summed E-state index contributed by atoms with van der Waals surface area (Å²) in [5.74, 6) is 0. The molecule has 2 nitrogen and oxygen atoms in total. The Bertz CT molecular complexity index is 766. The molecule has 0 unspecified atom stereocenters. The van der Waals surface area contributed by atoms with Crippen molar-refractivity contribution >= 4 is 0 Å². The van der Waals surface area contributed by atoms with E-state index in [4.69, 9.17) is 0 Å². The second kappa shape index (κ2) is 7.77. The maximum absolute atomic E-state index is 12.6. The summed E-state index contributed by atoms with van der Waals surface area (Å²) >= 11 is 0. The molecule has 0 heterocycles. The van der Waals surface area contributed by atoms with Gasteiger partial charge in [0.05, 0.1) is 11.8 Å². The second-order valence-corrected chi connectivity index (χ2v) is 6.94. The van der Waals surface area contributed by atoms with Crippen molar-refractivity contribution in [3.8, 4) is 11.1 Å². The molecular formula is C22H25F3N2. The average Bonchev–Trinajstić information content (AvgIpc) is 2.93. The molecule has 0 bridgehead atoms. The summed E-state index contributed by atoms with van der Waals surface area (Å²) in [4.78, 5) is 0. The van der Waals surface area contributed by atoms with Crippen LogP contribution in [0.15, 0.2) is 60.8 Å². The van der Waals surface area contributed by atoms with Crippen molar-refractivity contribution in [1.82, 2.24) is 10.6 Å². The van der Waals surface area contributed by atoms with Gasteiger partial charge in [-0.2, -0.15) is 13.2 Å². The van der Waals surface area contributed by atoms with Crippen molar-refractivity contribution in [3.05, 3.63) is 71.9 Å². The van der Waals surface area contributed by atoms with Crippen LogP contribution in [0.5, 0.6) is 0 Å². The van der Waals surface area contributed by atoms with Crippen LogP contribution < -0.4 is 10.6 Å². The number of nitrogens with one attached hydrogen (secondary N) is 2. The quantitative estimate of drug-likeness (QED) is 0.635. The predicted octanol–water partition coefficient (Wildman–Crippen LogP) is 5.01. The largest absolute Gasteiger partial charge is 0.390 e. The molecule has 0 aliphatic heterocycles. The SMILES string of the molecule is C=C(NCCC(F)(F)F)C1(CNCCC)c2ccccc2-c2ccccc21. The summed E-state index contributed by atoms with van der Waals surface area (Å²) in [6.45, 7) is 7.52. The van der Waals surface area contributed by atoms with Crippen LogP contribution in [0, 0.1) is 0 Å². The van der Waals surface area contributed by atoms with Gasteiger partial charge in [-0.05, 0) is 35.2 Å². The first-order valence-electron chi connectivity index (χ1n) is 9.30. The standard InChI is InChI=1S/C22H25F3N2/c1-3-13-26-15-21(16(2)27-14-12-22(23,24)25)19-10-6-4-8-17(19)18-9-5-7-11-20(18)21/h4-11,26-27H,2-3,12-15H2,1H3. The summed E-state index contributed by atoms with van der Waals surface area (Å²) < 4.78 is 37.9. The summed E-state index contributed by atoms with van der Waals surface area (Å²) in [5, 5.41) is 6.44. The highest BCUT2D eigenvalue weighted by molar-refractivity contribution is 5.83. The monoisotopic (exact) mass is 374 g/mol. The van der Waals surface area contributed by atoms with Crippen molar-refractivity contribution in [1.29, 1.82) is 0 Å². The first kappa shape index (κ1) is 19.5. The number of hydrogen-bond donors (Lipinski definition) is 2. The molecule has 1 aliphatic carbocycles. The molecule has 2 aromatic carbocycles. The van der Waals surface area contributed by atoms with Crippen LogP contribution in [0.2, 0.25) is 0 Å². The number of rotatable bonds is 8. The maximum Gasteiger partial charge on any atom is 0.390 e. The van der Waals surface area contributed by atoms with Crippen LogP contribution in [0.3, 0.4) is 0 Å². The Morgan fingerprint density at radius 1 is 0.963 bits per heavy atom. The Hall–Kier alpha value is -2.27. The molecule has 0 fully saturated rings. The predicted molar refractivity (Wildman–Crippen MR) is 104 cm³/mol. The van der Waals surface area contributed by atoms with Crippen molar-refractivity contribution in [2.24, 2.45) is 0 Å². The Balaban J connectivity index is 2.01. The maximum atomic E-state index is 12.6. The average molecular weight is 374 g/mol. The highest BCUT2D eigenvalue weighted by Gasteiger charge is 2.45. The van der Waals surface area contributed by atoms with Gasteiger partial charge in [0.15, 0.2) is 0 Å². The number of halogens is 3. The third kappa shape index (κ3) is 3.74. The van der Waals surface area contributed by atoms with Gasteiger partial charge in [-0.15, -0.1) is 0 Å². The Kier molecular flexibility index (Phi) is 5.61. The van der Waals surface area contributed by atoms with Crippen LogP contribution in [0.4, 0.5) is 13.2 Å². The molecule has 0 radical (unpaired) electrons. The summed E-state index contributed by atoms with van der Waals surface area (Å²) in [5.41, 5.74) is 4.41. The molecule has 2 aromatic rings. The molecule has 2 N–H and O–H groups in total. The van der Waals surface area contributed by atoms with Crippen LogP contribution in [-0.4, -0.2) is 25.8 Å². The fourth-order valence-corrected chi connectivity index (χ4v) is 3.91. The van der Waals surface area contributed by atoms with Crippen LogP contribution in [0.1, 0.15) is 30.9 Å². The minimum atomic E-state index is -4.19. The van der Waals surface area contributed by atoms with Crippen LogP contribution in [-0.2, 0) is 5.41 Å². The van der Waals surface area contributed by atoms with Gasteiger partial charge in [-0.1, -0.05) is 62.0 Å². The number of alkyl halides is 3. The lowest BCUT2D eigenvalue weighted by atomic mass is 9.75. The van der Waals surface area contributed by atoms with Crippen LogP contribution in [0.25, 0.3) is 11.1 Å². The second-order valence-electron chi connectivity index (χ2n) is 6.94. The van der Waals surface area contributed by atoms with Crippen molar-refractivity contribution in [2.75, 3.05) is 19.6 Å². The Labute approximate surface area is 158 Å². The molecule has 0 aromatic heterocycles. The lowest BCUT2D eigenvalue weighted by molar-refractivity contribution is -0.133. The molecule has 144 valence electrons. The third-order valence-electron chi connectivity index (χ3n) is 5.14. The molecule has 0 spiro atoms. The summed E-state index contributed by atoms with van der Waals surface area (Å²) in [6, 6.07) is 16.2. The van der Waals surface area contributed by atoms with Gasteiger partial charge < -0.3 is 10.6 Å². The van der Waals surface area contributed by atoms with Gasteiger partial charge in [0, 0.05) is 18.8 Å². The lowest BCUT2D eigenvalue weighted by Gasteiger charge is -2.35. The van der Waals surface area contributed by atoms with Crippen molar-refractivity contribution < 1.29 is 13.2 Å². The van der Waals surface area contributed by atoms with E-state index in [9.17, 15) is 13.2 Å². The highest BCUT2D eigenvalue weighted by atomic mass is 19.4. The molecule has 0 saturated heterocycles. The molecule has 0 atom stereocenters. The van der Waals surface area contributed by atoms with Crippen LogP contribution >= 0.6 is 0 Å². The first-order valence-corrected chi connectivity index (χ1v) is 9.30. The first-order chi connectivity index (χ1) is 12.9. The molecule has 3 rings (SSSR count). The van der Waals surface area contributed by atoms with E-state index in [0.29, 0.717) is 12.2 Å². The van der Waals surface area contributed by atoms with Gasteiger partial charge in [-0.25, -0.2) is 0 Å². The molecule has 27 heavy (non-hydrogen) atoms. The topological polar surface area (TPSA) is 24.1 Å². The summed E-state index contributed by atoms with van der Waals surface area (Å²) in [7, 11) is 0. The zero-order valence-electron chi connectivity index (χ0n) is 15.5. The van der Waals surface area contributed by atoms with Gasteiger partial charge in [-0.3, -0.25) is 0 Å². The Morgan fingerprint density at radius 3 is 2.04 bits per heavy atom. The fraction of sp³-hybridized carbons (Fsp3) is 0.364. The molecular weight excluding hydrogens is 349 g/mol. The van der Waals surface area contributed by atoms with E-state index in [1.54, 1.807) is 0 Å².